The molecule has 2 fully saturated rings. The van der Waals surface area contributed by atoms with Crippen LogP contribution in [0.2, 0.25) is 0 Å². The van der Waals surface area contributed by atoms with Crippen LogP contribution in [0.4, 0.5) is 11.5 Å². The van der Waals surface area contributed by atoms with Crippen LogP contribution in [0, 0.1) is 24.7 Å². The third kappa shape index (κ3) is 3.47. The molecule has 6 nitrogen and oxygen atoms in total. The van der Waals surface area contributed by atoms with Crippen LogP contribution in [-0.4, -0.2) is 48.2 Å². The standard InChI is InChI=1S/C23H24N4O2/c1-16-4-6-18(13-24-16)20-7-8-21-23(25-20)27(19-10-11-26(21)14-19)22(28)9-5-17-3-2-12-29-15-17/h4,6-8,13,17,19H,2-3,10-12,14-15H2,1H3. The number of carbonyl (C=O) groups excluding carboxylic acids is 1. The van der Waals surface area contributed by atoms with E-state index in [0.717, 1.165) is 67.4 Å². The molecule has 6 heteroatoms. The number of aromatic nitrogens is 2. The van der Waals surface area contributed by atoms with E-state index in [1.54, 1.807) is 0 Å². The predicted octanol–water partition coefficient (Wildman–Crippen LogP) is 2.81. The summed E-state index contributed by atoms with van der Waals surface area (Å²) in [6.07, 6.45) is 4.78. The highest BCUT2D eigenvalue weighted by Gasteiger charge is 2.39. The van der Waals surface area contributed by atoms with Crippen molar-refractivity contribution >= 4 is 17.4 Å². The molecular weight excluding hydrogens is 364 g/mol. The first-order valence-electron chi connectivity index (χ1n) is 10.3. The molecule has 3 aliphatic heterocycles. The number of rotatable bonds is 1. The molecule has 2 aromatic rings. The van der Waals surface area contributed by atoms with Gasteiger partial charge in [0.1, 0.15) is 0 Å². The van der Waals surface area contributed by atoms with Crippen molar-refractivity contribution in [1.82, 2.24) is 9.97 Å². The minimum atomic E-state index is -0.157. The van der Waals surface area contributed by atoms with Crippen molar-refractivity contribution in [2.45, 2.75) is 32.2 Å². The maximum atomic E-state index is 13.1. The van der Waals surface area contributed by atoms with Crippen LogP contribution in [0.25, 0.3) is 11.3 Å². The molecule has 0 radical (unpaired) electrons. The van der Waals surface area contributed by atoms with E-state index in [2.05, 4.69) is 27.8 Å². The van der Waals surface area contributed by atoms with Gasteiger partial charge in [-0.1, -0.05) is 5.92 Å². The quantitative estimate of drug-likeness (QED) is 0.703. The van der Waals surface area contributed by atoms with Gasteiger partial charge < -0.3 is 9.64 Å². The zero-order valence-electron chi connectivity index (χ0n) is 16.6. The molecule has 0 aliphatic carbocycles. The minimum Gasteiger partial charge on any atom is -0.380 e. The molecule has 3 aliphatic rings. The lowest BCUT2D eigenvalue weighted by Crippen LogP contribution is -2.46. The zero-order valence-corrected chi connectivity index (χ0v) is 16.6. The van der Waals surface area contributed by atoms with Crippen LogP contribution in [0.15, 0.2) is 30.5 Å². The average Bonchev–Trinajstić information content (AvgIpc) is 3.17. The van der Waals surface area contributed by atoms with Crippen molar-refractivity contribution in [1.29, 1.82) is 0 Å². The van der Waals surface area contributed by atoms with Gasteiger partial charge in [0.15, 0.2) is 5.82 Å². The topological polar surface area (TPSA) is 58.6 Å². The number of ether oxygens (including phenoxy) is 1. The van der Waals surface area contributed by atoms with Crippen LogP contribution in [0.5, 0.6) is 0 Å². The fourth-order valence-corrected chi connectivity index (χ4v) is 4.33. The number of hydrogen-bond donors (Lipinski definition) is 0. The molecule has 29 heavy (non-hydrogen) atoms. The van der Waals surface area contributed by atoms with E-state index >= 15 is 0 Å². The lowest BCUT2D eigenvalue weighted by molar-refractivity contribution is -0.113. The second-order valence-electron chi connectivity index (χ2n) is 7.97. The summed E-state index contributed by atoms with van der Waals surface area (Å²) < 4.78 is 5.49. The van der Waals surface area contributed by atoms with Gasteiger partial charge in [0.25, 0.3) is 0 Å². The third-order valence-electron chi connectivity index (χ3n) is 5.92. The number of amides is 1. The molecular formula is C23H24N4O2. The smallest absolute Gasteiger partial charge is 0.304 e. The lowest BCUT2D eigenvalue weighted by atomic mass is 10.0. The molecule has 2 unspecified atom stereocenters. The summed E-state index contributed by atoms with van der Waals surface area (Å²) in [5.41, 5.74) is 3.75. The normalized spacial score (nSPS) is 22.7. The largest absolute Gasteiger partial charge is 0.380 e. The van der Waals surface area contributed by atoms with Gasteiger partial charge in [0, 0.05) is 43.1 Å². The fraction of sp³-hybridized carbons (Fsp3) is 0.435. The Kier molecular flexibility index (Phi) is 4.69. The van der Waals surface area contributed by atoms with E-state index in [1.807, 2.05) is 36.2 Å². The summed E-state index contributed by atoms with van der Waals surface area (Å²) in [7, 11) is 0. The summed E-state index contributed by atoms with van der Waals surface area (Å²) in [5.74, 6) is 6.75. The minimum absolute atomic E-state index is 0.130. The van der Waals surface area contributed by atoms with E-state index in [-0.39, 0.29) is 17.9 Å². The Morgan fingerprint density at radius 3 is 2.97 bits per heavy atom. The van der Waals surface area contributed by atoms with Crippen LogP contribution in [-0.2, 0) is 9.53 Å². The Morgan fingerprint density at radius 2 is 2.17 bits per heavy atom. The van der Waals surface area contributed by atoms with E-state index in [4.69, 9.17) is 9.72 Å². The molecule has 2 atom stereocenters. The van der Waals surface area contributed by atoms with Gasteiger partial charge in [-0.25, -0.2) is 4.98 Å². The maximum absolute atomic E-state index is 13.1. The van der Waals surface area contributed by atoms with Crippen LogP contribution in [0.1, 0.15) is 25.0 Å². The summed E-state index contributed by atoms with van der Waals surface area (Å²) in [6.45, 7) is 5.17. The molecule has 0 aromatic carbocycles. The number of aryl methyl sites for hydroxylation is 1. The Morgan fingerprint density at radius 1 is 1.24 bits per heavy atom. The first-order valence-corrected chi connectivity index (χ1v) is 10.3. The molecule has 2 saturated heterocycles. The van der Waals surface area contributed by atoms with E-state index in [9.17, 15) is 4.79 Å². The second kappa shape index (κ2) is 7.49. The van der Waals surface area contributed by atoms with Crippen molar-refractivity contribution < 1.29 is 9.53 Å². The van der Waals surface area contributed by atoms with E-state index in [0.29, 0.717) is 6.61 Å². The summed E-state index contributed by atoms with van der Waals surface area (Å²) >= 11 is 0. The van der Waals surface area contributed by atoms with Crippen molar-refractivity contribution in [3.05, 3.63) is 36.2 Å². The number of fused-ring (bicyclic) bond motifs is 4. The Hall–Kier alpha value is -2.91. The second-order valence-corrected chi connectivity index (χ2v) is 7.97. The van der Waals surface area contributed by atoms with Gasteiger partial charge >= 0.3 is 5.91 Å². The lowest BCUT2D eigenvalue weighted by Gasteiger charge is -2.35. The molecule has 0 spiro atoms. The van der Waals surface area contributed by atoms with Crippen molar-refractivity contribution in [2.75, 3.05) is 36.1 Å². The highest BCUT2D eigenvalue weighted by molar-refractivity contribution is 6.08. The Labute approximate surface area is 170 Å². The van der Waals surface area contributed by atoms with Crippen molar-refractivity contribution in [3.63, 3.8) is 0 Å². The van der Waals surface area contributed by atoms with Gasteiger partial charge in [-0.05, 0) is 56.4 Å². The molecule has 0 saturated carbocycles. The van der Waals surface area contributed by atoms with Gasteiger partial charge in [0.05, 0.1) is 24.0 Å². The van der Waals surface area contributed by atoms with Gasteiger partial charge in [-0.3, -0.25) is 14.7 Å². The maximum Gasteiger partial charge on any atom is 0.304 e. The summed E-state index contributed by atoms with van der Waals surface area (Å²) in [5, 5.41) is 0. The molecule has 1 amide bonds. The van der Waals surface area contributed by atoms with Crippen LogP contribution < -0.4 is 9.80 Å². The third-order valence-corrected chi connectivity index (χ3v) is 5.92. The monoisotopic (exact) mass is 388 g/mol. The van der Waals surface area contributed by atoms with E-state index in [1.165, 1.54) is 0 Å². The van der Waals surface area contributed by atoms with Crippen molar-refractivity contribution in [2.24, 2.45) is 5.92 Å². The highest BCUT2D eigenvalue weighted by Crippen LogP contribution is 2.40. The molecule has 5 heterocycles. The Bertz CT molecular complexity index is 986. The number of carbonyl (C=O) groups is 1. The molecule has 2 aromatic heterocycles. The summed E-state index contributed by atoms with van der Waals surface area (Å²) in [4.78, 5) is 26.5. The number of pyridine rings is 2. The van der Waals surface area contributed by atoms with Crippen LogP contribution in [0.3, 0.4) is 0 Å². The number of anilines is 2. The summed E-state index contributed by atoms with van der Waals surface area (Å²) in [6, 6.07) is 8.21. The molecule has 0 N–H and O–H groups in total. The van der Waals surface area contributed by atoms with Gasteiger partial charge in [0.2, 0.25) is 0 Å². The van der Waals surface area contributed by atoms with Gasteiger partial charge in [-0.15, -0.1) is 0 Å². The first kappa shape index (κ1) is 18.1. The first-order chi connectivity index (χ1) is 14.2. The molecule has 5 rings (SSSR count). The van der Waals surface area contributed by atoms with Crippen LogP contribution >= 0.6 is 0 Å². The average molecular weight is 388 g/mol. The number of hydrogen-bond acceptors (Lipinski definition) is 5. The molecule has 148 valence electrons. The molecule has 2 bridgehead atoms. The Balaban J connectivity index is 1.49. The fourth-order valence-electron chi connectivity index (χ4n) is 4.33. The zero-order chi connectivity index (χ0) is 19.8. The predicted molar refractivity (Wildman–Crippen MR) is 112 cm³/mol. The van der Waals surface area contributed by atoms with E-state index < -0.39 is 0 Å². The number of nitrogens with zero attached hydrogens (tertiary/aromatic N) is 4. The van der Waals surface area contributed by atoms with Gasteiger partial charge in [-0.2, -0.15) is 0 Å². The SMILES string of the molecule is Cc1ccc(-c2ccc3c(n2)N(C(=O)C#CC2CCCOC2)C2CCN3C2)cn1. The van der Waals surface area contributed by atoms with Crippen molar-refractivity contribution in [3.8, 4) is 23.1 Å². The highest BCUT2D eigenvalue weighted by atomic mass is 16.5.